The van der Waals surface area contributed by atoms with Crippen LogP contribution in [0.2, 0.25) is 0 Å². The van der Waals surface area contributed by atoms with Crippen LogP contribution in [0.3, 0.4) is 0 Å². The SMILES string of the molecule is CNC(=O)[C@H](Cc1ccc(OC)cc1)NC(=O)/C(=C/CC(=O)OC(C)(C)C)CC(C)C. The molecule has 0 aromatic heterocycles. The first-order valence-corrected chi connectivity index (χ1v) is 10.5. The number of hydrogen-bond donors (Lipinski definition) is 2. The fourth-order valence-corrected chi connectivity index (χ4v) is 2.93. The zero-order valence-electron chi connectivity index (χ0n) is 19.7. The molecule has 7 nitrogen and oxygen atoms in total. The lowest BCUT2D eigenvalue weighted by atomic mass is 9.99. The standard InChI is InChI=1S/C24H36N2O5/c1-16(2)14-18(10-13-21(27)31-24(3,4)5)22(28)26-20(23(29)25-6)15-17-8-11-19(30-7)12-9-17/h8-12,16,20H,13-15H2,1-7H3,(H,25,29)(H,26,28)/b18-10+/t20-/m0/s1. The molecule has 0 aliphatic heterocycles. The summed E-state index contributed by atoms with van der Waals surface area (Å²) in [5.74, 6) is -0.133. The Morgan fingerprint density at radius 2 is 1.71 bits per heavy atom. The summed E-state index contributed by atoms with van der Waals surface area (Å²) in [4.78, 5) is 37.4. The highest BCUT2D eigenvalue weighted by atomic mass is 16.6. The van der Waals surface area contributed by atoms with Gasteiger partial charge in [-0.2, -0.15) is 0 Å². The molecule has 7 heteroatoms. The van der Waals surface area contributed by atoms with E-state index in [4.69, 9.17) is 9.47 Å². The Balaban J connectivity index is 2.96. The molecule has 1 aromatic carbocycles. The predicted octanol–water partition coefficient (Wildman–Crippen LogP) is 3.17. The van der Waals surface area contributed by atoms with Crippen molar-refractivity contribution in [2.75, 3.05) is 14.2 Å². The Bertz CT molecular complexity index is 776. The molecule has 0 unspecified atom stereocenters. The number of carbonyl (C=O) groups is 3. The van der Waals surface area contributed by atoms with E-state index in [9.17, 15) is 14.4 Å². The maximum atomic E-state index is 13.0. The van der Waals surface area contributed by atoms with Crippen molar-refractivity contribution in [1.29, 1.82) is 0 Å². The van der Waals surface area contributed by atoms with E-state index in [0.717, 1.165) is 5.56 Å². The van der Waals surface area contributed by atoms with E-state index in [0.29, 0.717) is 24.2 Å². The second-order valence-corrected chi connectivity index (χ2v) is 8.81. The van der Waals surface area contributed by atoms with Crippen molar-refractivity contribution in [3.05, 3.63) is 41.5 Å². The molecular formula is C24H36N2O5. The molecule has 0 saturated carbocycles. The van der Waals surface area contributed by atoms with E-state index in [1.807, 2.05) is 38.1 Å². The van der Waals surface area contributed by atoms with Crippen molar-refractivity contribution in [2.24, 2.45) is 5.92 Å². The molecule has 2 amide bonds. The maximum Gasteiger partial charge on any atom is 0.310 e. The molecule has 0 radical (unpaired) electrons. The zero-order valence-corrected chi connectivity index (χ0v) is 19.7. The van der Waals surface area contributed by atoms with Crippen molar-refractivity contribution >= 4 is 17.8 Å². The number of rotatable bonds is 10. The summed E-state index contributed by atoms with van der Waals surface area (Å²) in [5, 5.41) is 5.42. The summed E-state index contributed by atoms with van der Waals surface area (Å²) in [6.45, 7) is 9.36. The summed E-state index contributed by atoms with van der Waals surface area (Å²) in [6, 6.07) is 6.58. The van der Waals surface area contributed by atoms with Gasteiger partial charge in [0.25, 0.3) is 0 Å². The normalized spacial score (nSPS) is 12.8. The molecule has 172 valence electrons. The van der Waals surface area contributed by atoms with E-state index in [-0.39, 0.29) is 24.2 Å². The van der Waals surface area contributed by atoms with E-state index < -0.39 is 17.6 Å². The van der Waals surface area contributed by atoms with Crippen LogP contribution in [0.5, 0.6) is 5.75 Å². The number of likely N-dealkylation sites (N-methyl/N-ethyl adjacent to an activating group) is 1. The van der Waals surface area contributed by atoms with Gasteiger partial charge in [-0.3, -0.25) is 14.4 Å². The Hall–Kier alpha value is -2.83. The lowest BCUT2D eigenvalue weighted by Gasteiger charge is -2.20. The molecular weight excluding hydrogens is 396 g/mol. The molecule has 0 fully saturated rings. The van der Waals surface area contributed by atoms with E-state index in [2.05, 4.69) is 10.6 Å². The minimum absolute atomic E-state index is 0.00410. The third kappa shape index (κ3) is 10.2. The van der Waals surface area contributed by atoms with Crippen LogP contribution in [0.15, 0.2) is 35.9 Å². The average molecular weight is 433 g/mol. The second-order valence-electron chi connectivity index (χ2n) is 8.81. The topological polar surface area (TPSA) is 93.7 Å². The average Bonchev–Trinajstić information content (AvgIpc) is 2.68. The number of hydrogen-bond acceptors (Lipinski definition) is 5. The Morgan fingerprint density at radius 3 is 2.19 bits per heavy atom. The van der Waals surface area contributed by atoms with Crippen molar-refractivity contribution in [3.8, 4) is 5.75 Å². The lowest BCUT2D eigenvalue weighted by Crippen LogP contribution is -2.47. The number of benzene rings is 1. The number of nitrogens with one attached hydrogen (secondary N) is 2. The third-order valence-corrected chi connectivity index (χ3v) is 4.32. The van der Waals surface area contributed by atoms with Gasteiger partial charge in [-0.15, -0.1) is 0 Å². The molecule has 1 atom stereocenters. The third-order valence-electron chi connectivity index (χ3n) is 4.32. The van der Waals surface area contributed by atoms with Crippen LogP contribution < -0.4 is 15.4 Å². The van der Waals surface area contributed by atoms with Gasteiger partial charge in [0.2, 0.25) is 11.8 Å². The largest absolute Gasteiger partial charge is 0.497 e. The van der Waals surface area contributed by atoms with Crippen molar-refractivity contribution in [2.45, 2.75) is 65.5 Å². The molecule has 0 spiro atoms. The van der Waals surface area contributed by atoms with Crippen LogP contribution in [0.1, 0.15) is 53.0 Å². The van der Waals surface area contributed by atoms with Crippen LogP contribution >= 0.6 is 0 Å². The van der Waals surface area contributed by atoms with Crippen LogP contribution in [0.4, 0.5) is 0 Å². The minimum atomic E-state index is -0.747. The van der Waals surface area contributed by atoms with Crippen LogP contribution in [-0.4, -0.2) is 43.6 Å². The summed E-state index contributed by atoms with van der Waals surface area (Å²) in [6.07, 6.45) is 2.40. The second kappa shape index (κ2) is 12.1. The highest BCUT2D eigenvalue weighted by Gasteiger charge is 2.23. The summed E-state index contributed by atoms with van der Waals surface area (Å²) in [5.41, 5.74) is 0.760. The minimum Gasteiger partial charge on any atom is -0.497 e. The van der Waals surface area contributed by atoms with E-state index in [1.54, 1.807) is 34.0 Å². The van der Waals surface area contributed by atoms with Gasteiger partial charge >= 0.3 is 5.97 Å². The van der Waals surface area contributed by atoms with Gasteiger partial charge in [-0.25, -0.2) is 0 Å². The van der Waals surface area contributed by atoms with Gasteiger partial charge in [0.05, 0.1) is 13.5 Å². The van der Waals surface area contributed by atoms with Gasteiger partial charge in [-0.05, 0) is 50.8 Å². The number of amides is 2. The van der Waals surface area contributed by atoms with Crippen molar-refractivity contribution in [3.63, 3.8) is 0 Å². The molecule has 0 heterocycles. The molecule has 1 rings (SSSR count). The monoisotopic (exact) mass is 432 g/mol. The van der Waals surface area contributed by atoms with Gasteiger partial charge in [0.15, 0.2) is 0 Å². The highest BCUT2D eigenvalue weighted by molar-refractivity contribution is 5.97. The van der Waals surface area contributed by atoms with Crippen LogP contribution in [0.25, 0.3) is 0 Å². The number of ether oxygens (including phenoxy) is 2. The number of methoxy groups -OCH3 is 1. The highest BCUT2D eigenvalue weighted by Crippen LogP contribution is 2.16. The molecule has 0 saturated heterocycles. The first kappa shape index (κ1) is 26.2. The molecule has 0 aliphatic rings. The molecule has 2 N–H and O–H groups in total. The quantitative estimate of drug-likeness (QED) is 0.438. The lowest BCUT2D eigenvalue weighted by molar-refractivity contribution is -0.153. The summed E-state index contributed by atoms with van der Waals surface area (Å²) in [7, 11) is 3.12. The summed E-state index contributed by atoms with van der Waals surface area (Å²) < 4.78 is 10.5. The molecule has 0 aliphatic carbocycles. The first-order chi connectivity index (χ1) is 14.4. The fraction of sp³-hybridized carbons (Fsp3) is 0.542. The first-order valence-electron chi connectivity index (χ1n) is 10.5. The molecule has 0 bridgehead atoms. The van der Waals surface area contributed by atoms with Crippen LogP contribution in [0, 0.1) is 5.92 Å². The maximum absolute atomic E-state index is 13.0. The fourth-order valence-electron chi connectivity index (χ4n) is 2.93. The van der Waals surface area contributed by atoms with E-state index >= 15 is 0 Å². The van der Waals surface area contributed by atoms with E-state index in [1.165, 1.54) is 7.05 Å². The predicted molar refractivity (Wildman–Crippen MR) is 121 cm³/mol. The van der Waals surface area contributed by atoms with Crippen molar-refractivity contribution in [1.82, 2.24) is 10.6 Å². The van der Waals surface area contributed by atoms with Gasteiger partial charge in [-0.1, -0.05) is 32.1 Å². The summed E-state index contributed by atoms with van der Waals surface area (Å²) >= 11 is 0. The van der Waals surface area contributed by atoms with Crippen LogP contribution in [-0.2, 0) is 25.5 Å². The number of carbonyl (C=O) groups excluding carboxylic acids is 3. The number of esters is 1. The van der Waals surface area contributed by atoms with Gasteiger partial charge in [0.1, 0.15) is 17.4 Å². The molecule has 31 heavy (non-hydrogen) atoms. The van der Waals surface area contributed by atoms with Crippen molar-refractivity contribution < 1.29 is 23.9 Å². The Morgan fingerprint density at radius 1 is 1.10 bits per heavy atom. The Labute approximate surface area is 185 Å². The Kier molecular flexibility index (Phi) is 10.3. The molecule has 1 aromatic rings. The van der Waals surface area contributed by atoms with Gasteiger partial charge in [0, 0.05) is 19.0 Å². The zero-order chi connectivity index (χ0) is 23.6. The smallest absolute Gasteiger partial charge is 0.310 e. The van der Waals surface area contributed by atoms with Gasteiger partial charge < -0.3 is 20.1 Å².